The standard InChI is InChI=1S/C16H23N5S2/c1-3-13-18-15(23-19-13)21-7-4-16(5-8-21)10-12(16)20(2)11-14-17-6-9-22-14/h6,9,12H,3-5,7-8,10-11H2,1-2H3/t12-/m1/s1. The lowest BCUT2D eigenvalue weighted by atomic mass is 9.92. The third-order valence-electron chi connectivity index (χ3n) is 5.35. The van der Waals surface area contributed by atoms with Crippen LogP contribution in [-0.2, 0) is 13.0 Å². The molecule has 2 aliphatic rings. The van der Waals surface area contributed by atoms with E-state index in [1.165, 1.54) is 24.3 Å². The largest absolute Gasteiger partial charge is 0.347 e. The smallest absolute Gasteiger partial charge is 0.205 e. The molecule has 1 aliphatic heterocycles. The van der Waals surface area contributed by atoms with Gasteiger partial charge in [-0.25, -0.2) is 9.97 Å². The van der Waals surface area contributed by atoms with Gasteiger partial charge in [0, 0.05) is 48.7 Å². The second-order valence-corrected chi connectivity index (χ2v) is 8.47. The Bertz CT molecular complexity index is 645. The lowest BCUT2D eigenvalue weighted by Crippen LogP contribution is -2.38. The van der Waals surface area contributed by atoms with Gasteiger partial charge in [0.05, 0.1) is 6.54 Å². The highest BCUT2D eigenvalue weighted by Gasteiger charge is 2.56. The van der Waals surface area contributed by atoms with E-state index in [0.717, 1.165) is 43.1 Å². The zero-order chi connectivity index (χ0) is 15.9. The summed E-state index contributed by atoms with van der Waals surface area (Å²) in [7, 11) is 2.26. The average Bonchev–Trinajstić information content (AvgIpc) is 2.98. The summed E-state index contributed by atoms with van der Waals surface area (Å²) in [5.74, 6) is 0.984. The number of nitrogens with zero attached hydrogens (tertiary/aromatic N) is 5. The number of aromatic nitrogens is 3. The van der Waals surface area contributed by atoms with Crippen molar-refractivity contribution < 1.29 is 0 Å². The summed E-state index contributed by atoms with van der Waals surface area (Å²) in [6, 6.07) is 0.731. The molecule has 1 aliphatic carbocycles. The normalized spacial score (nSPS) is 22.9. The number of piperidine rings is 1. The maximum absolute atomic E-state index is 4.64. The molecule has 0 radical (unpaired) electrons. The summed E-state index contributed by atoms with van der Waals surface area (Å²) in [6.07, 6.45) is 6.74. The molecular weight excluding hydrogens is 326 g/mol. The molecule has 1 saturated heterocycles. The van der Waals surface area contributed by atoms with E-state index in [-0.39, 0.29) is 0 Å². The Labute approximate surface area is 145 Å². The third-order valence-corrected chi connectivity index (χ3v) is 6.93. The SMILES string of the molecule is CCc1nsc(N2CCC3(CC2)C[C@H]3N(C)Cc2nccs2)n1. The molecule has 2 fully saturated rings. The highest BCUT2D eigenvalue weighted by Crippen LogP contribution is 2.56. The molecule has 2 aromatic rings. The lowest BCUT2D eigenvalue weighted by Gasteiger charge is -2.33. The molecule has 1 saturated carbocycles. The number of hydrogen-bond acceptors (Lipinski definition) is 7. The molecule has 3 heterocycles. The second-order valence-electron chi connectivity index (χ2n) is 6.76. The first-order chi connectivity index (χ1) is 11.2. The van der Waals surface area contributed by atoms with Gasteiger partial charge in [0.25, 0.3) is 0 Å². The van der Waals surface area contributed by atoms with Gasteiger partial charge < -0.3 is 4.90 Å². The van der Waals surface area contributed by atoms with E-state index in [9.17, 15) is 0 Å². The zero-order valence-electron chi connectivity index (χ0n) is 13.7. The van der Waals surface area contributed by atoms with Gasteiger partial charge in [-0.1, -0.05) is 6.92 Å². The molecular formula is C16H23N5S2. The predicted molar refractivity (Wildman–Crippen MR) is 95.2 cm³/mol. The molecule has 0 aromatic carbocycles. The van der Waals surface area contributed by atoms with Crippen LogP contribution in [0, 0.1) is 5.41 Å². The maximum Gasteiger partial charge on any atom is 0.205 e. The molecule has 1 atom stereocenters. The summed E-state index contributed by atoms with van der Waals surface area (Å²) < 4.78 is 4.42. The van der Waals surface area contributed by atoms with E-state index in [2.05, 4.69) is 43.5 Å². The van der Waals surface area contributed by atoms with Gasteiger partial charge in [-0.05, 0) is 31.7 Å². The number of aryl methyl sites for hydroxylation is 1. The Balaban J connectivity index is 1.33. The topological polar surface area (TPSA) is 45.2 Å². The van der Waals surface area contributed by atoms with Gasteiger partial charge in [-0.2, -0.15) is 4.37 Å². The highest BCUT2D eigenvalue weighted by atomic mass is 32.1. The van der Waals surface area contributed by atoms with Gasteiger partial charge in [-0.15, -0.1) is 11.3 Å². The van der Waals surface area contributed by atoms with Crippen LogP contribution in [0.25, 0.3) is 0 Å². The van der Waals surface area contributed by atoms with Crippen LogP contribution in [0.15, 0.2) is 11.6 Å². The second kappa shape index (κ2) is 6.11. The summed E-state index contributed by atoms with van der Waals surface area (Å²) in [5.41, 5.74) is 0.542. The van der Waals surface area contributed by atoms with Crippen LogP contribution in [0.4, 0.5) is 5.13 Å². The molecule has 7 heteroatoms. The van der Waals surface area contributed by atoms with Crippen LogP contribution in [-0.4, -0.2) is 45.4 Å². The molecule has 23 heavy (non-hydrogen) atoms. The van der Waals surface area contributed by atoms with Gasteiger partial charge in [0.1, 0.15) is 10.8 Å². The van der Waals surface area contributed by atoms with Crippen LogP contribution in [0.2, 0.25) is 0 Å². The first-order valence-electron chi connectivity index (χ1n) is 8.36. The van der Waals surface area contributed by atoms with Gasteiger partial charge in [-0.3, -0.25) is 4.90 Å². The van der Waals surface area contributed by atoms with Crippen molar-refractivity contribution in [3.8, 4) is 0 Å². The molecule has 1 spiro atoms. The van der Waals surface area contributed by atoms with Gasteiger partial charge in [0.2, 0.25) is 5.13 Å². The van der Waals surface area contributed by atoms with Crippen molar-refractivity contribution in [2.24, 2.45) is 5.41 Å². The van der Waals surface area contributed by atoms with E-state index < -0.39 is 0 Å². The minimum Gasteiger partial charge on any atom is -0.347 e. The molecule has 2 aromatic heterocycles. The highest BCUT2D eigenvalue weighted by molar-refractivity contribution is 7.09. The summed E-state index contributed by atoms with van der Waals surface area (Å²) in [6.45, 7) is 5.36. The summed E-state index contributed by atoms with van der Waals surface area (Å²) >= 11 is 3.32. The average molecular weight is 350 g/mol. The Morgan fingerprint density at radius 1 is 1.39 bits per heavy atom. The molecule has 0 bridgehead atoms. The molecule has 0 amide bonds. The molecule has 5 nitrogen and oxygen atoms in total. The number of anilines is 1. The van der Waals surface area contributed by atoms with Crippen molar-refractivity contribution in [2.45, 2.75) is 45.2 Å². The van der Waals surface area contributed by atoms with E-state index in [1.807, 2.05) is 6.20 Å². The first-order valence-corrected chi connectivity index (χ1v) is 10.0. The summed E-state index contributed by atoms with van der Waals surface area (Å²) in [5, 5.41) is 4.41. The van der Waals surface area contributed by atoms with Crippen LogP contribution in [0.1, 0.15) is 37.0 Å². The number of hydrogen-bond donors (Lipinski definition) is 0. The van der Waals surface area contributed by atoms with Crippen molar-refractivity contribution in [1.29, 1.82) is 0 Å². The Hall–Kier alpha value is -1.05. The molecule has 0 unspecified atom stereocenters. The number of thiazole rings is 1. The fraction of sp³-hybridized carbons (Fsp3) is 0.688. The fourth-order valence-electron chi connectivity index (χ4n) is 3.80. The quantitative estimate of drug-likeness (QED) is 0.830. The van der Waals surface area contributed by atoms with E-state index in [4.69, 9.17) is 0 Å². The molecule has 124 valence electrons. The van der Waals surface area contributed by atoms with Crippen molar-refractivity contribution in [3.63, 3.8) is 0 Å². The Kier molecular flexibility index (Phi) is 4.11. The fourth-order valence-corrected chi connectivity index (χ4v) is 5.28. The van der Waals surface area contributed by atoms with Gasteiger partial charge in [0.15, 0.2) is 0 Å². The zero-order valence-corrected chi connectivity index (χ0v) is 15.4. The van der Waals surface area contributed by atoms with Gasteiger partial charge >= 0.3 is 0 Å². The molecule has 4 rings (SSSR count). The van der Waals surface area contributed by atoms with Crippen LogP contribution >= 0.6 is 22.9 Å². The van der Waals surface area contributed by atoms with Crippen molar-refractivity contribution >= 4 is 28.0 Å². The van der Waals surface area contributed by atoms with Crippen molar-refractivity contribution in [3.05, 3.63) is 22.4 Å². The van der Waals surface area contributed by atoms with Crippen LogP contribution in [0.3, 0.4) is 0 Å². The predicted octanol–water partition coefficient (Wildman–Crippen LogP) is 3.05. The van der Waals surface area contributed by atoms with Crippen LogP contribution in [0.5, 0.6) is 0 Å². The minimum absolute atomic E-state index is 0.542. The maximum atomic E-state index is 4.64. The van der Waals surface area contributed by atoms with E-state index >= 15 is 0 Å². The monoisotopic (exact) mass is 349 g/mol. The van der Waals surface area contributed by atoms with Crippen molar-refractivity contribution in [2.75, 3.05) is 25.0 Å². The Morgan fingerprint density at radius 3 is 2.87 bits per heavy atom. The lowest BCUT2D eigenvalue weighted by molar-refractivity contribution is 0.239. The molecule has 0 N–H and O–H groups in total. The van der Waals surface area contributed by atoms with Crippen LogP contribution < -0.4 is 4.90 Å². The Morgan fingerprint density at radius 2 is 2.22 bits per heavy atom. The first kappa shape index (κ1) is 15.5. The van der Waals surface area contributed by atoms with E-state index in [1.54, 1.807) is 22.9 Å². The number of rotatable bonds is 5. The summed E-state index contributed by atoms with van der Waals surface area (Å²) in [4.78, 5) is 14.0. The van der Waals surface area contributed by atoms with Crippen molar-refractivity contribution in [1.82, 2.24) is 19.2 Å². The van der Waals surface area contributed by atoms with E-state index in [0.29, 0.717) is 5.41 Å². The third kappa shape index (κ3) is 3.02. The minimum atomic E-state index is 0.542.